The van der Waals surface area contributed by atoms with Gasteiger partial charge in [-0.1, -0.05) is 18.3 Å². The molecule has 1 amide bonds. The number of hydrogen-bond donors (Lipinski definition) is 1. The van der Waals surface area contributed by atoms with E-state index in [1.807, 2.05) is 55.4 Å². The quantitative estimate of drug-likeness (QED) is 0.286. The number of fused-ring (bicyclic) bond motifs is 1. The summed E-state index contributed by atoms with van der Waals surface area (Å²) >= 11 is 1.26. The molecule has 0 aliphatic carbocycles. The number of aryl methyl sites for hydroxylation is 1. The summed E-state index contributed by atoms with van der Waals surface area (Å²) in [5, 5.41) is 20.0. The molecule has 5 aromatic rings. The first-order valence-electron chi connectivity index (χ1n) is 13.8. The van der Waals surface area contributed by atoms with E-state index in [2.05, 4.69) is 16.0 Å². The predicted molar refractivity (Wildman–Crippen MR) is 161 cm³/mol. The number of aromatic nitrogens is 5. The fourth-order valence-electron chi connectivity index (χ4n) is 5.17. The number of likely N-dealkylation sites (tertiary alicyclic amines) is 1. The Morgan fingerprint density at radius 2 is 1.86 bits per heavy atom. The van der Waals surface area contributed by atoms with Crippen molar-refractivity contribution in [2.75, 3.05) is 25.0 Å². The van der Waals surface area contributed by atoms with Crippen LogP contribution in [0.25, 0.3) is 28.2 Å². The number of pyridine rings is 1. The van der Waals surface area contributed by atoms with Crippen LogP contribution < -0.4 is 4.90 Å². The summed E-state index contributed by atoms with van der Waals surface area (Å²) in [6.07, 6.45) is 5.43. The van der Waals surface area contributed by atoms with Crippen molar-refractivity contribution in [1.82, 2.24) is 29.2 Å². The lowest BCUT2D eigenvalue weighted by Crippen LogP contribution is -2.58. The van der Waals surface area contributed by atoms with Crippen LogP contribution in [0, 0.1) is 17.1 Å². The smallest absolute Gasteiger partial charge is 0.234 e. The molecular weight excluding hydrogens is 567 g/mol. The van der Waals surface area contributed by atoms with Gasteiger partial charge in [-0.25, -0.2) is 14.4 Å². The highest BCUT2D eigenvalue weighted by molar-refractivity contribution is 7.16. The summed E-state index contributed by atoms with van der Waals surface area (Å²) in [5.41, 5.74) is 3.88. The average molecular weight is 597 g/mol. The largest absolute Gasteiger partial charge is 0.389 e. The van der Waals surface area contributed by atoms with Gasteiger partial charge in [0.25, 0.3) is 0 Å². The van der Waals surface area contributed by atoms with Crippen LogP contribution in [-0.4, -0.2) is 66.5 Å². The van der Waals surface area contributed by atoms with Crippen LogP contribution in [0.3, 0.4) is 0 Å². The van der Waals surface area contributed by atoms with Gasteiger partial charge >= 0.3 is 0 Å². The average Bonchev–Trinajstić information content (AvgIpc) is 3.60. The van der Waals surface area contributed by atoms with Crippen molar-refractivity contribution >= 4 is 33.8 Å². The first-order chi connectivity index (χ1) is 20.6. The van der Waals surface area contributed by atoms with Crippen molar-refractivity contribution in [3.8, 4) is 28.6 Å². The Labute approximate surface area is 251 Å². The second kappa shape index (κ2) is 10.8. The number of carbonyl (C=O) groups is 1. The molecule has 1 aliphatic rings. The molecule has 0 bridgehead atoms. The van der Waals surface area contributed by atoms with Gasteiger partial charge in [0.15, 0.2) is 5.13 Å². The summed E-state index contributed by atoms with van der Waals surface area (Å²) < 4.78 is 15.5. The van der Waals surface area contributed by atoms with E-state index >= 15 is 0 Å². The molecule has 1 aliphatic heterocycles. The van der Waals surface area contributed by atoms with E-state index in [-0.39, 0.29) is 11.7 Å². The first kappa shape index (κ1) is 28.4. The normalized spacial score (nSPS) is 13.7. The summed E-state index contributed by atoms with van der Waals surface area (Å²) in [5.74, 6) is 0.355. The lowest BCUT2D eigenvalue weighted by Gasteiger charge is -2.40. The molecule has 0 saturated carbocycles. The van der Waals surface area contributed by atoms with Gasteiger partial charge in [0, 0.05) is 37.5 Å². The standard InChI is InChI=1S/C31H29FN8O2S/c1-5-22-28(38(4)30-37-27(24(12-33)43-30)18-6-9-20(32)10-7-18)40-15-19(8-11-26(40)36-22)23-13-35-25(14-34-23)31(2,3)29(42)39-16-21(41)17-39/h6-11,13-15,21,41H,5,16-17H2,1-4H3. The number of benzene rings is 1. The van der Waals surface area contributed by atoms with Crippen molar-refractivity contribution in [3.63, 3.8) is 0 Å². The summed E-state index contributed by atoms with van der Waals surface area (Å²) in [6.45, 7) is 6.32. The van der Waals surface area contributed by atoms with Crippen LogP contribution in [0.15, 0.2) is 55.0 Å². The Morgan fingerprint density at radius 3 is 2.49 bits per heavy atom. The molecule has 12 heteroatoms. The maximum absolute atomic E-state index is 13.5. The van der Waals surface area contributed by atoms with Crippen molar-refractivity contribution in [1.29, 1.82) is 5.26 Å². The van der Waals surface area contributed by atoms with E-state index < -0.39 is 11.5 Å². The highest BCUT2D eigenvalue weighted by Crippen LogP contribution is 2.37. The van der Waals surface area contributed by atoms with Crippen molar-refractivity contribution in [2.24, 2.45) is 0 Å². The number of thiazole rings is 1. The molecule has 10 nitrogen and oxygen atoms in total. The maximum Gasteiger partial charge on any atom is 0.234 e. The molecular formula is C31H29FN8O2S. The zero-order chi connectivity index (χ0) is 30.5. The number of halogens is 1. The number of imidazole rings is 1. The molecule has 1 saturated heterocycles. The van der Waals surface area contributed by atoms with Gasteiger partial charge in [0.05, 0.1) is 41.0 Å². The summed E-state index contributed by atoms with van der Waals surface area (Å²) in [4.78, 5) is 35.8. The highest BCUT2D eigenvalue weighted by Gasteiger charge is 2.40. The van der Waals surface area contributed by atoms with Crippen LogP contribution in [0.1, 0.15) is 37.0 Å². The molecule has 6 rings (SSSR count). The van der Waals surface area contributed by atoms with E-state index in [0.717, 1.165) is 22.7 Å². The zero-order valence-corrected chi connectivity index (χ0v) is 24.9. The molecule has 0 radical (unpaired) electrons. The van der Waals surface area contributed by atoms with E-state index in [4.69, 9.17) is 9.97 Å². The molecule has 0 unspecified atom stereocenters. The molecule has 218 valence electrons. The van der Waals surface area contributed by atoms with Gasteiger partial charge in [0.1, 0.15) is 33.9 Å². The van der Waals surface area contributed by atoms with E-state index in [1.165, 1.54) is 23.5 Å². The van der Waals surface area contributed by atoms with Gasteiger partial charge in [-0.15, -0.1) is 0 Å². The Bertz CT molecular complexity index is 1870. The third kappa shape index (κ3) is 5.00. The third-order valence-electron chi connectivity index (χ3n) is 7.71. The van der Waals surface area contributed by atoms with E-state index in [9.17, 15) is 19.6 Å². The van der Waals surface area contributed by atoms with Crippen molar-refractivity contribution in [2.45, 2.75) is 38.7 Å². The van der Waals surface area contributed by atoms with Crippen molar-refractivity contribution in [3.05, 3.63) is 77.1 Å². The molecule has 1 aromatic carbocycles. The maximum atomic E-state index is 13.5. The van der Waals surface area contributed by atoms with Crippen LogP contribution in [0.5, 0.6) is 0 Å². The van der Waals surface area contributed by atoms with Gasteiger partial charge in [-0.2, -0.15) is 5.26 Å². The Balaban J connectivity index is 1.34. The van der Waals surface area contributed by atoms with E-state index in [0.29, 0.717) is 52.2 Å². The molecule has 0 spiro atoms. The second-order valence-electron chi connectivity index (χ2n) is 11.0. The number of aliphatic hydroxyl groups is 1. The summed E-state index contributed by atoms with van der Waals surface area (Å²) in [7, 11) is 1.88. The van der Waals surface area contributed by atoms with Crippen LogP contribution >= 0.6 is 11.3 Å². The Hall–Kier alpha value is -4.73. The molecule has 5 heterocycles. The predicted octanol–water partition coefficient (Wildman–Crippen LogP) is 4.74. The fourth-order valence-corrected chi connectivity index (χ4v) is 6.02. The number of carbonyl (C=O) groups excluding carboxylic acids is 1. The third-order valence-corrected chi connectivity index (χ3v) is 8.75. The lowest BCUT2D eigenvalue weighted by molar-refractivity contribution is -0.146. The number of aliphatic hydroxyl groups excluding tert-OH is 1. The van der Waals surface area contributed by atoms with Crippen LogP contribution in [-0.2, 0) is 16.6 Å². The minimum Gasteiger partial charge on any atom is -0.389 e. The SMILES string of the molecule is CCc1nc2ccc(-c3cnc(C(C)(C)C(=O)N4CC(O)C4)cn3)cn2c1N(C)c1nc(-c2ccc(F)cc2)c(C#N)s1. The van der Waals surface area contributed by atoms with Gasteiger partial charge in [-0.05, 0) is 56.7 Å². The highest BCUT2D eigenvalue weighted by atomic mass is 32.1. The molecule has 0 atom stereocenters. The van der Waals surface area contributed by atoms with Gasteiger partial charge in [0.2, 0.25) is 5.91 Å². The molecule has 4 aromatic heterocycles. The van der Waals surface area contributed by atoms with Gasteiger partial charge in [-0.3, -0.25) is 19.2 Å². The monoisotopic (exact) mass is 596 g/mol. The number of β-amino-alcohol motifs (C(OH)–C–C–N with tert-alkyl or cyclic N) is 1. The minimum absolute atomic E-state index is 0.0937. The number of amides is 1. The Kier molecular flexibility index (Phi) is 7.15. The first-order valence-corrected chi connectivity index (χ1v) is 14.6. The fraction of sp³-hybridized carbons (Fsp3) is 0.290. The number of hydrogen-bond acceptors (Lipinski definition) is 9. The molecule has 43 heavy (non-hydrogen) atoms. The number of nitriles is 1. The van der Waals surface area contributed by atoms with Crippen LogP contribution in [0.2, 0.25) is 0 Å². The molecule has 1 N–H and O–H groups in total. The topological polar surface area (TPSA) is 124 Å². The van der Waals surface area contributed by atoms with E-state index in [1.54, 1.807) is 29.4 Å². The van der Waals surface area contributed by atoms with Crippen molar-refractivity contribution < 1.29 is 14.3 Å². The lowest BCUT2D eigenvalue weighted by atomic mass is 9.86. The molecule has 1 fully saturated rings. The van der Waals surface area contributed by atoms with Crippen LogP contribution in [0.4, 0.5) is 15.3 Å². The minimum atomic E-state index is -0.880. The van der Waals surface area contributed by atoms with Gasteiger partial charge < -0.3 is 14.9 Å². The second-order valence-corrected chi connectivity index (χ2v) is 12.0. The number of anilines is 2. The number of rotatable bonds is 7. The summed E-state index contributed by atoms with van der Waals surface area (Å²) in [6, 6.07) is 12.0. The number of nitrogens with zero attached hydrogens (tertiary/aromatic N) is 8. The Morgan fingerprint density at radius 1 is 1.14 bits per heavy atom. The zero-order valence-electron chi connectivity index (χ0n) is 24.1.